The highest BCUT2D eigenvalue weighted by Crippen LogP contribution is 2.15. The molecule has 0 aliphatic heterocycles. The molecule has 0 aliphatic rings. The highest BCUT2D eigenvalue weighted by Gasteiger charge is 2.20. The van der Waals surface area contributed by atoms with E-state index < -0.39 is 6.10 Å². The maximum Gasteiger partial charge on any atom is 0.335 e. The summed E-state index contributed by atoms with van der Waals surface area (Å²) in [5.41, 5.74) is 1.97. The second kappa shape index (κ2) is 12.4. The monoisotopic (exact) mass is 378 g/mol. The van der Waals surface area contributed by atoms with Crippen molar-refractivity contribution < 1.29 is 19.0 Å². The maximum absolute atomic E-state index is 11.9. The van der Waals surface area contributed by atoms with Crippen LogP contribution in [0, 0.1) is 11.8 Å². The van der Waals surface area contributed by atoms with Crippen LogP contribution < -0.4 is 4.74 Å². The fourth-order valence-electron chi connectivity index (χ4n) is 2.48. The van der Waals surface area contributed by atoms with Gasteiger partial charge in [-0.2, -0.15) is 0 Å². The molecule has 0 saturated heterocycles. The van der Waals surface area contributed by atoms with Crippen LogP contribution in [0.25, 0.3) is 0 Å². The van der Waals surface area contributed by atoms with Gasteiger partial charge in [0.25, 0.3) is 0 Å². The minimum atomic E-state index is -0.581. The number of carbonyl (C=O) groups is 1. The molecule has 0 amide bonds. The van der Waals surface area contributed by atoms with E-state index in [0.717, 1.165) is 16.9 Å². The SMILES string of the molecule is CCOC(=O)[C@H](Cc1ccc(OC/C=C\C#Cc2ccccc2)cc1)OCC. The average Bonchev–Trinajstić information content (AvgIpc) is 2.72. The van der Waals surface area contributed by atoms with Gasteiger partial charge in [0.15, 0.2) is 6.10 Å². The third-order valence-electron chi connectivity index (χ3n) is 3.80. The predicted molar refractivity (Wildman–Crippen MR) is 110 cm³/mol. The van der Waals surface area contributed by atoms with Crippen molar-refractivity contribution in [1.82, 2.24) is 0 Å². The lowest BCUT2D eigenvalue weighted by atomic mass is 10.1. The molecule has 4 nitrogen and oxygen atoms in total. The number of allylic oxidation sites excluding steroid dienone is 1. The first-order valence-electron chi connectivity index (χ1n) is 9.44. The number of hydrogen-bond donors (Lipinski definition) is 0. The number of benzene rings is 2. The Balaban J connectivity index is 1.81. The normalized spacial score (nSPS) is 11.5. The van der Waals surface area contributed by atoms with Gasteiger partial charge in [0.2, 0.25) is 0 Å². The quantitative estimate of drug-likeness (QED) is 0.485. The molecule has 0 aromatic heterocycles. The standard InChI is InChI=1S/C24H26O4/c1-3-26-23(24(25)27-4-2)19-21-14-16-22(17-15-21)28-18-10-6-9-13-20-11-7-5-8-12-20/h5-8,10-12,14-17,23H,3-4,18-19H2,1-2H3/b10-6-/t23-/m0/s1. The van der Waals surface area contributed by atoms with Gasteiger partial charge in [0, 0.05) is 18.6 Å². The molecule has 0 spiro atoms. The third-order valence-corrected chi connectivity index (χ3v) is 3.80. The van der Waals surface area contributed by atoms with Crippen LogP contribution in [0.15, 0.2) is 66.7 Å². The Hall–Kier alpha value is -3.03. The van der Waals surface area contributed by atoms with Crippen LogP contribution in [0.4, 0.5) is 0 Å². The summed E-state index contributed by atoms with van der Waals surface area (Å²) < 4.78 is 16.2. The first-order valence-corrected chi connectivity index (χ1v) is 9.44. The zero-order chi connectivity index (χ0) is 20.0. The summed E-state index contributed by atoms with van der Waals surface area (Å²) in [4.78, 5) is 11.9. The summed E-state index contributed by atoms with van der Waals surface area (Å²) in [7, 11) is 0. The van der Waals surface area contributed by atoms with Crippen LogP contribution in [0.5, 0.6) is 5.75 Å². The van der Waals surface area contributed by atoms with E-state index in [2.05, 4.69) is 11.8 Å². The van der Waals surface area contributed by atoms with E-state index in [-0.39, 0.29) is 5.97 Å². The Bertz CT molecular complexity index is 798. The van der Waals surface area contributed by atoms with Crippen molar-refractivity contribution in [2.24, 2.45) is 0 Å². The molecule has 4 heteroatoms. The summed E-state index contributed by atoms with van der Waals surface area (Å²) in [6.07, 6.45) is 3.55. The molecule has 0 unspecified atom stereocenters. The molecule has 0 N–H and O–H groups in total. The Labute approximate surface area is 167 Å². The van der Waals surface area contributed by atoms with Crippen molar-refractivity contribution in [3.8, 4) is 17.6 Å². The van der Waals surface area contributed by atoms with Crippen molar-refractivity contribution in [2.75, 3.05) is 19.8 Å². The molecule has 0 aliphatic carbocycles. The lowest BCUT2D eigenvalue weighted by Crippen LogP contribution is -2.28. The lowest BCUT2D eigenvalue weighted by Gasteiger charge is -2.15. The minimum Gasteiger partial charge on any atom is -0.490 e. The third kappa shape index (κ3) is 7.69. The Morgan fingerprint density at radius 2 is 1.79 bits per heavy atom. The van der Waals surface area contributed by atoms with E-state index in [9.17, 15) is 4.79 Å². The number of hydrogen-bond acceptors (Lipinski definition) is 4. The number of rotatable bonds is 9. The van der Waals surface area contributed by atoms with Crippen molar-refractivity contribution in [3.05, 3.63) is 77.9 Å². The molecule has 2 aromatic rings. The number of esters is 1. The van der Waals surface area contributed by atoms with E-state index in [4.69, 9.17) is 14.2 Å². The molecular formula is C24H26O4. The van der Waals surface area contributed by atoms with Gasteiger partial charge in [-0.3, -0.25) is 0 Å². The van der Waals surface area contributed by atoms with Gasteiger partial charge in [0.05, 0.1) is 6.61 Å². The molecule has 0 bridgehead atoms. The van der Waals surface area contributed by atoms with Crippen LogP contribution >= 0.6 is 0 Å². The smallest absolute Gasteiger partial charge is 0.335 e. The molecular weight excluding hydrogens is 352 g/mol. The van der Waals surface area contributed by atoms with Gasteiger partial charge < -0.3 is 14.2 Å². The topological polar surface area (TPSA) is 44.8 Å². The van der Waals surface area contributed by atoms with E-state index in [1.165, 1.54) is 0 Å². The summed E-state index contributed by atoms with van der Waals surface area (Å²) >= 11 is 0. The molecule has 0 heterocycles. The zero-order valence-electron chi connectivity index (χ0n) is 16.4. The van der Waals surface area contributed by atoms with Gasteiger partial charge in [-0.15, -0.1) is 0 Å². The largest absolute Gasteiger partial charge is 0.490 e. The number of carbonyl (C=O) groups excluding carboxylic acids is 1. The van der Waals surface area contributed by atoms with E-state index in [0.29, 0.717) is 26.2 Å². The Kier molecular flexibility index (Phi) is 9.40. The van der Waals surface area contributed by atoms with E-state index >= 15 is 0 Å². The highest BCUT2D eigenvalue weighted by molar-refractivity contribution is 5.75. The molecule has 1 atom stereocenters. The molecule has 2 rings (SSSR count). The lowest BCUT2D eigenvalue weighted by molar-refractivity contribution is -0.156. The Morgan fingerprint density at radius 1 is 1.04 bits per heavy atom. The highest BCUT2D eigenvalue weighted by atomic mass is 16.6. The van der Waals surface area contributed by atoms with Crippen LogP contribution in [0.2, 0.25) is 0 Å². The molecule has 0 radical (unpaired) electrons. The number of ether oxygens (including phenoxy) is 3. The predicted octanol–water partition coefficient (Wildman–Crippen LogP) is 4.18. The van der Waals surface area contributed by atoms with E-state index in [1.54, 1.807) is 13.0 Å². The minimum absolute atomic E-state index is 0.327. The van der Waals surface area contributed by atoms with Gasteiger partial charge in [-0.25, -0.2) is 4.79 Å². The first kappa shape index (κ1) is 21.3. The molecule has 0 saturated carbocycles. The summed E-state index contributed by atoms with van der Waals surface area (Å²) in [6.45, 7) is 4.89. The zero-order valence-corrected chi connectivity index (χ0v) is 16.4. The van der Waals surface area contributed by atoms with Gasteiger partial charge >= 0.3 is 5.97 Å². The van der Waals surface area contributed by atoms with Crippen molar-refractivity contribution in [1.29, 1.82) is 0 Å². The molecule has 146 valence electrons. The second-order valence-corrected chi connectivity index (χ2v) is 5.89. The first-order chi connectivity index (χ1) is 13.7. The van der Waals surface area contributed by atoms with Crippen molar-refractivity contribution in [3.63, 3.8) is 0 Å². The van der Waals surface area contributed by atoms with Crippen LogP contribution in [-0.2, 0) is 20.7 Å². The molecule has 28 heavy (non-hydrogen) atoms. The van der Waals surface area contributed by atoms with Gasteiger partial charge in [-0.1, -0.05) is 42.2 Å². The summed E-state index contributed by atoms with van der Waals surface area (Å²) in [5.74, 6) is 6.47. The van der Waals surface area contributed by atoms with Crippen molar-refractivity contribution >= 4 is 5.97 Å². The summed E-state index contributed by atoms with van der Waals surface area (Å²) in [6, 6.07) is 17.5. The molecule has 2 aromatic carbocycles. The average molecular weight is 378 g/mol. The Morgan fingerprint density at radius 3 is 2.46 bits per heavy atom. The van der Waals surface area contributed by atoms with Gasteiger partial charge in [-0.05, 0) is 55.8 Å². The summed E-state index contributed by atoms with van der Waals surface area (Å²) in [5, 5.41) is 0. The maximum atomic E-state index is 11.9. The fourth-order valence-corrected chi connectivity index (χ4v) is 2.48. The van der Waals surface area contributed by atoms with Crippen molar-refractivity contribution in [2.45, 2.75) is 26.4 Å². The van der Waals surface area contributed by atoms with Crippen LogP contribution in [0.1, 0.15) is 25.0 Å². The molecule has 0 fully saturated rings. The fraction of sp³-hybridized carbons (Fsp3) is 0.292. The van der Waals surface area contributed by atoms with Crippen LogP contribution in [0.3, 0.4) is 0 Å². The van der Waals surface area contributed by atoms with Gasteiger partial charge in [0.1, 0.15) is 12.4 Å². The van der Waals surface area contributed by atoms with E-state index in [1.807, 2.05) is 67.6 Å². The second-order valence-electron chi connectivity index (χ2n) is 5.89. The van der Waals surface area contributed by atoms with Crippen LogP contribution in [-0.4, -0.2) is 31.9 Å².